The lowest BCUT2D eigenvalue weighted by atomic mass is 10.00. The van der Waals surface area contributed by atoms with E-state index in [2.05, 4.69) is 21.8 Å². The van der Waals surface area contributed by atoms with Crippen molar-refractivity contribution in [1.29, 1.82) is 0 Å². The minimum absolute atomic E-state index is 0.488. The van der Waals surface area contributed by atoms with Gasteiger partial charge in [0.05, 0.1) is 12.4 Å². The average molecular weight is 265 g/mol. The van der Waals surface area contributed by atoms with Gasteiger partial charge in [-0.1, -0.05) is 13.3 Å². The van der Waals surface area contributed by atoms with E-state index >= 15 is 0 Å². The number of hydrogen-bond donors (Lipinski definition) is 1. The van der Waals surface area contributed by atoms with Crippen LogP contribution in [0.3, 0.4) is 0 Å². The first-order valence-corrected chi connectivity index (χ1v) is 7.69. The van der Waals surface area contributed by atoms with Crippen LogP contribution in [0.2, 0.25) is 0 Å². The molecule has 0 saturated carbocycles. The monoisotopic (exact) mass is 265 g/mol. The van der Waals surface area contributed by atoms with Gasteiger partial charge in [0.25, 0.3) is 0 Å². The van der Waals surface area contributed by atoms with Crippen LogP contribution in [0.15, 0.2) is 18.7 Å². The van der Waals surface area contributed by atoms with Gasteiger partial charge in [0, 0.05) is 31.6 Å². The van der Waals surface area contributed by atoms with E-state index < -0.39 is 0 Å². The summed E-state index contributed by atoms with van der Waals surface area (Å²) in [6.45, 7) is 5.36. The molecule has 0 radical (unpaired) electrons. The van der Waals surface area contributed by atoms with E-state index in [9.17, 15) is 0 Å². The van der Waals surface area contributed by atoms with Crippen molar-refractivity contribution in [2.24, 2.45) is 0 Å². The number of rotatable bonds is 8. The van der Waals surface area contributed by atoms with Gasteiger partial charge in [-0.3, -0.25) is 0 Å². The maximum atomic E-state index is 5.77. The smallest absolute Gasteiger partial charge is 0.0945 e. The van der Waals surface area contributed by atoms with E-state index in [1.54, 1.807) is 0 Å². The number of imidazole rings is 1. The minimum Gasteiger partial charge on any atom is -0.378 e. The van der Waals surface area contributed by atoms with Crippen molar-refractivity contribution in [3.63, 3.8) is 0 Å². The molecule has 1 aromatic heterocycles. The van der Waals surface area contributed by atoms with Gasteiger partial charge < -0.3 is 14.6 Å². The van der Waals surface area contributed by atoms with Crippen molar-refractivity contribution in [3.05, 3.63) is 18.7 Å². The number of unbranched alkanes of at least 4 members (excludes halogenated alkanes) is 1. The second-order valence-corrected chi connectivity index (χ2v) is 5.46. The Hall–Kier alpha value is -0.870. The van der Waals surface area contributed by atoms with E-state index in [-0.39, 0.29) is 0 Å². The molecule has 0 aromatic carbocycles. The second kappa shape index (κ2) is 8.33. The number of nitrogens with zero attached hydrogens (tertiary/aromatic N) is 2. The zero-order valence-electron chi connectivity index (χ0n) is 12.1. The molecule has 4 nitrogen and oxygen atoms in total. The maximum Gasteiger partial charge on any atom is 0.0945 e. The van der Waals surface area contributed by atoms with E-state index in [4.69, 9.17) is 4.74 Å². The molecule has 1 aromatic rings. The van der Waals surface area contributed by atoms with Gasteiger partial charge in [-0.25, -0.2) is 4.98 Å². The van der Waals surface area contributed by atoms with Crippen LogP contribution in [0.1, 0.15) is 45.4 Å². The van der Waals surface area contributed by atoms with Crippen molar-refractivity contribution in [1.82, 2.24) is 14.9 Å². The third-order valence-electron chi connectivity index (χ3n) is 3.81. The molecule has 0 bridgehead atoms. The molecule has 2 unspecified atom stereocenters. The third kappa shape index (κ3) is 5.33. The van der Waals surface area contributed by atoms with E-state index in [1.165, 1.54) is 38.5 Å². The molecule has 2 rings (SSSR count). The zero-order valence-corrected chi connectivity index (χ0v) is 12.1. The van der Waals surface area contributed by atoms with Gasteiger partial charge in [0.15, 0.2) is 0 Å². The van der Waals surface area contributed by atoms with E-state index in [1.807, 2.05) is 18.7 Å². The van der Waals surface area contributed by atoms with Crippen LogP contribution in [0.5, 0.6) is 0 Å². The van der Waals surface area contributed by atoms with Crippen LogP contribution < -0.4 is 5.32 Å². The number of aryl methyl sites for hydroxylation is 1. The van der Waals surface area contributed by atoms with Gasteiger partial charge in [-0.15, -0.1) is 0 Å². The highest BCUT2D eigenvalue weighted by Crippen LogP contribution is 2.17. The second-order valence-electron chi connectivity index (χ2n) is 5.46. The van der Waals surface area contributed by atoms with Crippen LogP contribution >= 0.6 is 0 Å². The van der Waals surface area contributed by atoms with Crippen molar-refractivity contribution in [2.45, 2.75) is 64.1 Å². The molecule has 19 heavy (non-hydrogen) atoms. The number of nitrogens with one attached hydrogen (secondary N) is 1. The lowest BCUT2D eigenvalue weighted by molar-refractivity contribution is -0.00311. The molecule has 108 valence electrons. The SMILES string of the molecule is CCCC1CC(NCCCCn2ccnc2)CCO1. The van der Waals surface area contributed by atoms with Crippen LogP contribution in [0.4, 0.5) is 0 Å². The van der Waals surface area contributed by atoms with Crippen molar-refractivity contribution in [2.75, 3.05) is 13.2 Å². The van der Waals surface area contributed by atoms with Crippen LogP contribution in [0, 0.1) is 0 Å². The molecule has 1 aliphatic rings. The molecular weight excluding hydrogens is 238 g/mol. The summed E-state index contributed by atoms with van der Waals surface area (Å²) in [6.07, 6.45) is 13.5. The van der Waals surface area contributed by atoms with Gasteiger partial charge in [-0.05, 0) is 38.6 Å². The molecule has 4 heteroatoms. The normalized spacial score (nSPS) is 23.6. The Labute approximate surface area is 116 Å². The predicted molar refractivity (Wildman–Crippen MR) is 77.1 cm³/mol. The van der Waals surface area contributed by atoms with Crippen molar-refractivity contribution < 1.29 is 4.74 Å². The highest BCUT2D eigenvalue weighted by molar-refractivity contribution is 4.77. The summed E-state index contributed by atoms with van der Waals surface area (Å²) in [5, 5.41) is 3.69. The highest BCUT2D eigenvalue weighted by Gasteiger charge is 2.20. The Balaban J connectivity index is 1.52. The van der Waals surface area contributed by atoms with E-state index in [0.717, 1.165) is 19.7 Å². The zero-order chi connectivity index (χ0) is 13.3. The molecule has 1 aliphatic heterocycles. The molecule has 0 aliphatic carbocycles. The Morgan fingerprint density at radius 2 is 2.37 bits per heavy atom. The Morgan fingerprint density at radius 3 is 3.16 bits per heavy atom. The summed E-state index contributed by atoms with van der Waals surface area (Å²) >= 11 is 0. The maximum absolute atomic E-state index is 5.77. The minimum atomic E-state index is 0.488. The lowest BCUT2D eigenvalue weighted by Gasteiger charge is -2.30. The number of aromatic nitrogens is 2. The molecule has 1 N–H and O–H groups in total. The van der Waals surface area contributed by atoms with Gasteiger partial charge in [0.1, 0.15) is 0 Å². The van der Waals surface area contributed by atoms with Crippen molar-refractivity contribution >= 4 is 0 Å². The van der Waals surface area contributed by atoms with Crippen LogP contribution in [-0.2, 0) is 11.3 Å². The van der Waals surface area contributed by atoms with Crippen molar-refractivity contribution in [3.8, 4) is 0 Å². The Morgan fingerprint density at radius 1 is 1.42 bits per heavy atom. The van der Waals surface area contributed by atoms with Gasteiger partial charge in [0.2, 0.25) is 0 Å². The summed E-state index contributed by atoms with van der Waals surface area (Å²) in [6, 6.07) is 0.665. The highest BCUT2D eigenvalue weighted by atomic mass is 16.5. The molecule has 0 spiro atoms. The molecule has 0 amide bonds. The lowest BCUT2D eigenvalue weighted by Crippen LogP contribution is -2.39. The summed E-state index contributed by atoms with van der Waals surface area (Å²) in [4.78, 5) is 4.05. The summed E-state index contributed by atoms with van der Waals surface area (Å²) in [5.74, 6) is 0. The fraction of sp³-hybridized carbons (Fsp3) is 0.800. The molecular formula is C15H27N3O. The molecule has 1 fully saturated rings. The third-order valence-corrected chi connectivity index (χ3v) is 3.81. The van der Waals surface area contributed by atoms with Crippen LogP contribution in [-0.4, -0.2) is 34.8 Å². The van der Waals surface area contributed by atoms with Gasteiger partial charge >= 0.3 is 0 Å². The first-order valence-electron chi connectivity index (χ1n) is 7.69. The quantitative estimate of drug-likeness (QED) is 0.734. The van der Waals surface area contributed by atoms with E-state index in [0.29, 0.717) is 12.1 Å². The number of ether oxygens (including phenoxy) is 1. The first kappa shape index (κ1) is 14.5. The Bertz CT molecular complexity index is 324. The Kier molecular flexibility index (Phi) is 6.37. The molecule has 2 heterocycles. The standard InChI is InChI=1S/C15H27N3O/c1-2-5-15-12-14(6-11-19-15)17-7-3-4-9-18-10-8-16-13-18/h8,10,13-15,17H,2-7,9,11-12H2,1H3. The average Bonchev–Trinajstić information content (AvgIpc) is 2.92. The fourth-order valence-corrected chi connectivity index (χ4v) is 2.73. The number of hydrogen-bond acceptors (Lipinski definition) is 3. The first-order chi connectivity index (χ1) is 9.38. The fourth-order valence-electron chi connectivity index (χ4n) is 2.73. The largest absolute Gasteiger partial charge is 0.378 e. The summed E-state index contributed by atoms with van der Waals surface area (Å²) < 4.78 is 7.92. The van der Waals surface area contributed by atoms with Crippen LogP contribution in [0.25, 0.3) is 0 Å². The summed E-state index contributed by atoms with van der Waals surface area (Å²) in [5.41, 5.74) is 0. The predicted octanol–water partition coefficient (Wildman–Crippen LogP) is 2.60. The molecule has 2 atom stereocenters. The molecule has 1 saturated heterocycles. The topological polar surface area (TPSA) is 39.1 Å². The summed E-state index contributed by atoms with van der Waals surface area (Å²) in [7, 11) is 0. The van der Waals surface area contributed by atoms with Gasteiger partial charge in [-0.2, -0.15) is 0 Å².